The van der Waals surface area contributed by atoms with Gasteiger partial charge in [0, 0.05) is 104 Å². The predicted octanol–water partition coefficient (Wildman–Crippen LogP) is 23.8. The van der Waals surface area contributed by atoms with Gasteiger partial charge in [-0.3, -0.25) is 0 Å². The van der Waals surface area contributed by atoms with Crippen molar-refractivity contribution >= 4 is 156 Å². The molecule has 0 amide bonds. The van der Waals surface area contributed by atoms with Crippen molar-refractivity contribution in [2.45, 2.75) is 258 Å². The first-order valence-corrected chi connectivity index (χ1v) is 60.9. The van der Waals surface area contributed by atoms with E-state index in [-0.39, 0.29) is 41.5 Å². The molecule has 5 aliphatic rings. The van der Waals surface area contributed by atoms with Crippen LogP contribution >= 0.6 is 0 Å². The fraction of sp³-hybridized carbons (Fsp3) is 0.576. The van der Waals surface area contributed by atoms with Gasteiger partial charge >= 0.3 is 48.0 Å². The van der Waals surface area contributed by atoms with Gasteiger partial charge < -0.3 is 35.8 Å². The second-order valence-electron chi connectivity index (χ2n) is 33.0. The molecule has 7 aromatic rings. The van der Waals surface area contributed by atoms with Crippen LogP contribution in [0.5, 0.6) is 23.0 Å². The number of unbranched alkanes of at least 4 members (excludes halogenated alkanes) is 3. The predicted molar refractivity (Wildman–Crippen MR) is 512 cm³/mol. The van der Waals surface area contributed by atoms with Crippen LogP contribution in [0, 0.1) is 13.8 Å². The smallest absolute Gasteiger partial charge is 0.399 e. The Labute approximate surface area is 829 Å². The molecule has 5 aliphatic heterocycles. The summed E-state index contributed by atoms with van der Waals surface area (Å²) in [6.45, 7) is 12.1. The molecule has 143 heavy (non-hydrogen) atoms. The summed E-state index contributed by atoms with van der Waals surface area (Å²) < 4.78 is 467. The SMILES string of the molecule is CC(F)(F)CC(F)(F)S(=O)(=O)[N-]S(=O)(=O)C(F)(F)CC(C)(F)F.CC(F)(F)S(=O)(=O)[N-]S(=O)(=O)C(C)(F)F.CC(F)(F)S(=O)(=O)[N-]S(=O)(=O)C(C)(F)F.CCCCOc1ccc([S+]2CCCC2)c2ccccc12.CCCCOc1ccc([S+]2CCCC2)c2ccccc12.CCCCOc1ccc([S+]2CCCC2)c2ccccc12.Cc1cc([S+]2CCCC2)cc(C)c1O.O=S1(=O)[N-]S(=O)(=O)C(F)(F)C(F)(F)C1(F)F. The molecule has 58 heteroatoms. The Bertz CT molecular complexity index is 5870. The maximum absolute atomic E-state index is 13.1. The summed E-state index contributed by atoms with van der Waals surface area (Å²) in [6.07, 6.45) is 12.6. The van der Waals surface area contributed by atoms with Gasteiger partial charge in [-0.25, -0.2) is 84.9 Å². The Balaban J connectivity index is 0.000000289. The molecule has 814 valence electrons. The van der Waals surface area contributed by atoms with Crippen LogP contribution in [0.25, 0.3) is 48.8 Å². The van der Waals surface area contributed by atoms with Crippen LogP contribution in [0.15, 0.2) is 141 Å². The van der Waals surface area contributed by atoms with E-state index in [1.54, 1.807) is 14.7 Å². The van der Waals surface area contributed by atoms with Gasteiger partial charge in [0.25, 0.3) is 11.8 Å². The molecule has 0 saturated carbocycles. The van der Waals surface area contributed by atoms with Gasteiger partial charge in [0.15, 0.2) is 39.6 Å². The molecular formula is C85H108F22N4O20S12. The summed E-state index contributed by atoms with van der Waals surface area (Å²) in [7, 11) is -47.9. The maximum Gasteiger partial charge on any atom is 0.399 e. The first kappa shape index (κ1) is 127. The van der Waals surface area contributed by atoms with Crippen LogP contribution in [-0.2, 0) is 124 Å². The van der Waals surface area contributed by atoms with E-state index < -0.39 is 153 Å². The van der Waals surface area contributed by atoms with Crippen molar-refractivity contribution < 1.29 is 183 Å². The second kappa shape index (κ2) is 50.2. The average Bonchev–Trinajstić information content (AvgIpc) is 1.09. The molecule has 0 radical (unpaired) electrons. The number of halogens is 22. The zero-order valence-electron chi connectivity index (χ0n) is 78.3. The fourth-order valence-corrected chi connectivity index (χ4v) is 32.5. The Hall–Kier alpha value is -6.18. The number of ether oxygens (including phenoxy) is 3. The highest BCUT2D eigenvalue weighted by atomic mass is 32.3. The number of aromatic hydroxyl groups is 1. The summed E-state index contributed by atoms with van der Waals surface area (Å²) >= 11 is 0. The van der Waals surface area contributed by atoms with Crippen LogP contribution < -0.4 is 14.2 Å². The summed E-state index contributed by atoms with van der Waals surface area (Å²) in [5, 5.41) is -24.0. The summed E-state index contributed by atoms with van der Waals surface area (Å²) in [5.74, 6) is -0.630. The summed E-state index contributed by atoms with van der Waals surface area (Å²) in [6, 6.07) is 44.1. The van der Waals surface area contributed by atoms with Crippen molar-refractivity contribution in [3.05, 3.63) is 149 Å². The topological polar surface area (TPSA) is 377 Å². The number of nitrogens with zero attached hydrogens (tertiary/aromatic N) is 4. The Morgan fingerprint density at radius 1 is 0.350 bits per heavy atom. The molecule has 1 N–H and O–H groups in total. The Morgan fingerprint density at radius 2 is 0.566 bits per heavy atom. The van der Waals surface area contributed by atoms with Gasteiger partial charge in [-0.1, -0.05) is 94.6 Å². The van der Waals surface area contributed by atoms with E-state index in [2.05, 4.69) is 142 Å². The van der Waals surface area contributed by atoms with Gasteiger partial charge in [0.2, 0.25) is 0 Å². The lowest BCUT2D eigenvalue weighted by Gasteiger charge is -2.42. The maximum atomic E-state index is 13.1. The Morgan fingerprint density at radius 3 is 0.783 bits per heavy atom. The molecule has 0 spiro atoms. The molecule has 7 aromatic carbocycles. The minimum atomic E-state index is -6.69. The van der Waals surface area contributed by atoms with E-state index in [0.717, 1.165) is 71.6 Å². The third-order valence-corrected chi connectivity index (χ3v) is 44.0. The molecule has 0 unspecified atom stereocenters. The molecule has 0 aliphatic carbocycles. The lowest BCUT2D eigenvalue weighted by Crippen LogP contribution is -2.64. The number of aryl methyl sites for hydroxylation is 2. The first-order chi connectivity index (χ1) is 65.1. The van der Waals surface area contributed by atoms with Gasteiger partial charge in [-0.2, -0.15) is 79.0 Å². The number of benzene rings is 7. The van der Waals surface area contributed by atoms with Crippen molar-refractivity contribution in [3.8, 4) is 23.0 Å². The van der Waals surface area contributed by atoms with E-state index in [4.69, 9.17) is 14.2 Å². The number of hydrogen-bond donors (Lipinski definition) is 1. The van der Waals surface area contributed by atoms with Gasteiger partial charge in [-0.15, -0.1) is 0 Å². The van der Waals surface area contributed by atoms with E-state index in [1.807, 2.05) is 13.8 Å². The molecule has 0 aromatic heterocycles. The monoisotopic (exact) mass is 2310 g/mol. The van der Waals surface area contributed by atoms with Crippen molar-refractivity contribution in [2.75, 3.05) is 65.8 Å². The lowest BCUT2D eigenvalue weighted by atomic mass is 10.1. The number of phenolic OH excluding ortho intramolecular Hbond substituents is 1. The first-order valence-electron chi connectivity index (χ1n) is 43.2. The van der Waals surface area contributed by atoms with Crippen LogP contribution in [0.1, 0.15) is 176 Å². The Kier molecular flexibility index (Phi) is 44.7. The van der Waals surface area contributed by atoms with E-state index in [9.17, 15) is 169 Å². The quantitative estimate of drug-likeness (QED) is 0.0232. The molecular weight excluding hydrogens is 2200 g/mol. The van der Waals surface area contributed by atoms with Crippen LogP contribution in [0.3, 0.4) is 0 Å². The summed E-state index contributed by atoms with van der Waals surface area (Å²) in [5.41, 5.74) is 2.05. The lowest BCUT2D eigenvalue weighted by molar-refractivity contribution is -0.244. The number of fused-ring (bicyclic) bond motifs is 3. The molecule has 5 fully saturated rings. The minimum absolute atomic E-state index is 0.142. The highest BCUT2D eigenvalue weighted by Gasteiger charge is 2.82. The zero-order chi connectivity index (χ0) is 109. The largest absolute Gasteiger partial charge is 0.507 e. The molecule has 24 nitrogen and oxygen atoms in total. The van der Waals surface area contributed by atoms with Gasteiger partial charge in [-0.05, 0) is 176 Å². The molecule has 5 heterocycles. The fourth-order valence-electron chi connectivity index (χ4n) is 12.8. The third kappa shape index (κ3) is 34.2. The third-order valence-electron chi connectivity index (χ3n) is 20.4. The van der Waals surface area contributed by atoms with E-state index in [1.165, 1.54) is 166 Å². The number of hydrogen-bond acceptors (Lipinski definition) is 20. The van der Waals surface area contributed by atoms with Gasteiger partial charge in [0.1, 0.15) is 129 Å². The molecule has 0 atom stereocenters. The average molecular weight is 2310 g/mol. The highest BCUT2D eigenvalue weighted by molar-refractivity contribution is 8.15. The molecule has 5 saturated heterocycles. The number of alkyl halides is 22. The van der Waals surface area contributed by atoms with E-state index >= 15 is 0 Å². The number of phenols is 1. The standard InChI is InChI=1S/3C18H23OS.C12H16OS.C8H10F8NO4S2.2C4H6F4NO4S2.C3F6NO4S2/c3*1-2-3-12-19-17-10-11-18(20-13-6-7-14-20)16-9-5-4-8-15(16)17;1-9-7-11(8-10(2)12(9)13)14-5-3-4-6-14;1-5(9,10)3-7(13,14)22(18,19)17-23(20,21)8(15,16)4-6(2,11)12;2*1-3(5,6)14(10,11)9-15(12,13)4(2,7)8;4-1(5)2(6,7)15(11,12)10-16(13,14)3(1,8)9/h3*4-5,8-11H,2-3,6-7,12-14H2,1H3;7-8H,3-6H2,1-2H3;3-4H2,1-2H3;2*1-2H3;/q3*+1;;4*-1/p+1. The minimum Gasteiger partial charge on any atom is -0.507 e. The number of sulfonamides is 8. The van der Waals surface area contributed by atoms with Crippen molar-refractivity contribution in [1.82, 2.24) is 0 Å². The molecule has 12 rings (SSSR count). The van der Waals surface area contributed by atoms with Gasteiger partial charge in [0.05, 0.1) is 32.7 Å². The second-order valence-corrected chi connectivity index (χ2v) is 57.0. The summed E-state index contributed by atoms with van der Waals surface area (Å²) in [4.78, 5) is 6.12. The molecule has 0 bridgehead atoms. The normalized spacial score (nSPS) is 17.8. The zero-order valence-corrected chi connectivity index (χ0v) is 88.1. The van der Waals surface area contributed by atoms with Crippen molar-refractivity contribution in [2.24, 2.45) is 0 Å². The van der Waals surface area contributed by atoms with E-state index in [0.29, 0.717) is 49.3 Å². The number of rotatable bonds is 32. The van der Waals surface area contributed by atoms with Crippen LogP contribution in [0.2, 0.25) is 0 Å². The van der Waals surface area contributed by atoms with Crippen LogP contribution in [-0.4, -0.2) is 198 Å². The highest BCUT2D eigenvalue weighted by Crippen LogP contribution is 2.58. The van der Waals surface area contributed by atoms with Crippen molar-refractivity contribution in [3.63, 3.8) is 0 Å². The van der Waals surface area contributed by atoms with Crippen LogP contribution in [0.4, 0.5) is 96.6 Å². The van der Waals surface area contributed by atoms with Crippen molar-refractivity contribution in [1.29, 1.82) is 0 Å².